The number of nitrogens with two attached hydrogens (primary N) is 1. The van der Waals surface area contributed by atoms with Crippen LogP contribution in [0.5, 0.6) is 0 Å². The minimum absolute atomic E-state index is 0.00605. The van der Waals surface area contributed by atoms with Crippen LogP contribution in [0.4, 0.5) is 15.9 Å². The number of benzene rings is 2. The second-order valence-corrected chi connectivity index (χ2v) is 8.02. The second kappa shape index (κ2) is 8.27. The Labute approximate surface area is 170 Å². The van der Waals surface area contributed by atoms with Crippen molar-refractivity contribution in [2.24, 2.45) is 5.73 Å². The number of hydrogen-bond donors (Lipinski definition) is 3. The summed E-state index contributed by atoms with van der Waals surface area (Å²) in [4.78, 5) is 6.79. The summed E-state index contributed by atoms with van der Waals surface area (Å²) in [6.07, 6.45) is 1.72. The average Bonchev–Trinajstić information content (AvgIpc) is 2.66. The Morgan fingerprint density at radius 1 is 1.11 bits per heavy atom. The lowest BCUT2D eigenvalue weighted by molar-refractivity contribution is 0.570. The highest BCUT2D eigenvalue weighted by Crippen LogP contribution is 2.32. The van der Waals surface area contributed by atoms with Gasteiger partial charge in [0.25, 0.3) is 10.0 Å². The standard InChI is InChI=1S/C17H14Cl2FN5O2S/c18-11-4-2-1-3-10(11)17(21)24-12-5-6-13(16(20)15(12)19)28(26,27)25-14-7-8-22-9-23-14/h1-9,17,24H,21H2,(H,22,23,25)/t17-/m1/s1. The van der Waals surface area contributed by atoms with Crippen LogP contribution < -0.4 is 15.8 Å². The van der Waals surface area contributed by atoms with E-state index in [1.807, 2.05) is 0 Å². The monoisotopic (exact) mass is 441 g/mol. The molecule has 0 radical (unpaired) electrons. The van der Waals surface area contributed by atoms with Crippen molar-refractivity contribution in [1.82, 2.24) is 9.97 Å². The van der Waals surface area contributed by atoms with Crippen molar-refractivity contribution >= 4 is 44.7 Å². The van der Waals surface area contributed by atoms with Gasteiger partial charge in [0.15, 0.2) is 5.82 Å². The van der Waals surface area contributed by atoms with E-state index in [1.165, 1.54) is 18.3 Å². The van der Waals surface area contributed by atoms with Crippen LogP contribution in [0.2, 0.25) is 10.0 Å². The van der Waals surface area contributed by atoms with Crippen LogP contribution in [-0.2, 0) is 10.0 Å². The highest BCUT2D eigenvalue weighted by Gasteiger charge is 2.24. The maximum Gasteiger partial charge on any atom is 0.266 e. The van der Waals surface area contributed by atoms with E-state index in [2.05, 4.69) is 20.0 Å². The Hall–Kier alpha value is -2.46. The third kappa shape index (κ3) is 4.33. The molecular formula is C17H14Cl2FN5O2S. The molecule has 0 saturated carbocycles. The molecule has 0 spiro atoms. The lowest BCUT2D eigenvalue weighted by atomic mass is 10.1. The zero-order valence-corrected chi connectivity index (χ0v) is 16.4. The molecule has 0 aliphatic carbocycles. The number of aromatic nitrogens is 2. The Kier molecular flexibility index (Phi) is 5.99. The summed E-state index contributed by atoms with van der Waals surface area (Å²) in [7, 11) is -4.25. The predicted octanol–water partition coefficient (Wildman–Crippen LogP) is 3.79. The summed E-state index contributed by atoms with van der Waals surface area (Å²) in [5.41, 5.74) is 6.74. The van der Waals surface area contributed by atoms with Gasteiger partial charge >= 0.3 is 0 Å². The van der Waals surface area contributed by atoms with E-state index in [0.29, 0.717) is 10.6 Å². The fourth-order valence-electron chi connectivity index (χ4n) is 2.37. The molecule has 0 saturated heterocycles. The first-order valence-corrected chi connectivity index (χ1v) is 10.1. The molecule has 0 fully saturated rings. The maximum atomic E-state index is 14.7. The van der Waals surface area contributed by atoms with Crippen LogP contribution in [-0.4, -0.2) is 18.4 Å². The molecular weight excluding hydrogens is 428 g/mol. The molecule has 7 nitrogen and oxygen atoms in total. The van der Waals surface area contributed by atoms with Gasteiger partial charge in [0, 0.05) is 16.8 Å². The van der Waals surface area contributed by atoms with Crippen molar-refractivity contribution in [3.63, 3.8) is 0 Å². The summed E-state index contributed by atoms with van der Waals surface area (Å²) < 4.78 is 41.7. The van der Waals surface area contributed by atoms with Crippen molar-refractivity contribution < 1.29 is 12.8 Å². The number of sulfonamides is 1. The average molecular weight is 442 g/mol. The van der Waals surface area contributed by atoms with E-state index < -0.39 is 31.9 Å². The zero-order valence-electron chi connectivity index (χ0n) is 14.1. The van der Waals surface area contributed by atoms with Gasteiger partial charge in [-0.25, -0.2) is 22.8 Å². The lowest BCUT2D eigenvalue weighted by Crippen LogP contribution is -2.21. The Balaban J connectivity index is 1.88. The highest BCUT2D eigenvalue weighted by atomic mass is 35.5. The van der Waals surface area contributed by atoms with Gasteiger partial charge in [0.2, 0.25) is 0 Å². The first-order chi connectivity index (χ1) is 13.3. The van der Waals surface area contributed by atoms with Gasteiger partial charge in [-0.05, 0) is 24.3 Å². The van der Waals surface area contributed by atoms with Gasteiger partial charge in [-0.3, -0.25) is 4.72 Å². The molecule has 3 rings (SSSR count). The number of hydrogen-bond acceptors (Lipinski definition) is 6. The smallest absolute Gasteiger partial charge is 0.266 e. The van der Waals surface area contributed by atoms with Gasteiger partial charge in [-0.2, -0.15) is 0 Å². The molecule has 0 unspecified atom stereocenters. The normalized spacial score (nSPS) is 12.4. The van der Waals surface area contributed by atoms with Gasteiger partial charge in [0.05, 0.1) is 5.69 Å². The van der Waals surface area contributed by atoms with Crippen molar-refractivity contribution in [2.45, 2.75) is 11.1 Å². The molecule has 0 amide bonds. The van der Waals surface area contributed by atoms with Crippen molar-refractivity contribution in [2.75, 3.05) is 10.0 Å². The molecule has 1 atom stereocenters. The SMILES string of the molecule is N[C@H](Nc1ccc(S(=O)(=O)Nc2ccncn2)c(F)c1Cl)c1ccccc1Cl. The Morgan fingerprint density at radius 3 is 2.54 bits per heavy atom. The molecule has 1 aromatic heterocycles. The summed E-state index contributed by atoms with van der Waals surface area (Å²) >= 11 is 12.1. The second-order valence-electron chi connectivity index (χ2n) is 5.58. The molecule has 1 heterocycles. The minimum atomic E-state index is -4.25. The first-order valence-electron chi connectivity index (χ1n) is 7.83. The van der Waals surface area contributed by atoms with Crippen molar-refractivity contribution in [3.8, 4) is 0 Å². The van der Waals surface area contributed by atoms with Crippen LogP contribution >= 0.6 is 23.2 Å². The summed E-state index contributed by atoms with van der Waals surface area (Å²) in [5.74, 6) is -1.13. The van der Waals surface area contributed by atoms with Gasteiger partial charge in [-0.1, -0.05) is 41.4 Å². The quantitative estimate of drug-likeness (QED) is 0.501. The number of nitrogens with one attached hydrogen (secondary N) is 2. The number of rotatable bonds is 6. The fourth-order valence-corrected chi connectivity index (χ4v) is 3.99. The van der Waals surface area contributed by atoms with Crippen LogP contribution in [0.25, 0.3) is 0 Å². The highest BCUT2D eigenvalue weighted by molar-refractivity contribution is 7.92. The topological polar surface area (TPSA) is 110 Å². The predicted molar refractivity (Wildman–Crippen MR) is 106 cm³/mol. The van der Waals surface area contributed by atoms with Crippen LogP contribution in [0.15, 0.2) is 59.9 Å². The molecule has 3 aromatic rings. The van der Waals surface area contributed by atoms with E-state index in [-0.39, 0.29) is 11.5 Å². The summed E-state index contributed by atoms with van der Waals surface area (Å²) in [6.45, 7) is 0. The molecule has 146 valence electrons. The first kappa shape index (κ1) is 20.3. The van der Waals surface area contributed by atoms with Gasteiger partial charge in [0.1, 0.15) is 28.2 Å². The molecule has 0 aliphatic rings. The van der Waals surface area contributed by atoms with Crippen LogP contribution in [0.1, 0.15) is 11.7 Å². The summed E-state index contributed by atoms with van der Waals surface area (Å²) in [5, 5.41) is 2.82. The van der Waals surface area contributed by atoms with E-state index >= 15 is 0 Å². The lowest BCUT2D eigenvalue weighted by Gasteiger charge is -2.19. The molecule has 28 heavy (non-hydrogen) atoms. The number of nitrogens with zero attached hydrogens (tertiary/aromatic N) is 2. The number of anilines is 2. The Bertz CT molecular complexity index is 1100. The number of halogens is 3. The van der Waals surface area contributed by atoms with Crippen molar-refractivity contribution in [1.29, 1.82) is 0 Å². The molecule has 0 bridgehead atoms. The fraction of sp³-hybridized carbons (Fsp3) is 0.0588. The third-order valence-electron chi connectivity index (χ3n) is 3.71. The molecule has 11 heteroatoms. The maximum absolute atomic E-state index is 14.7. The van der Waals surface area contributed by atoms with Crippen LogP contribution in [0.3, 0.4) is 0 Å². The molecule has 0 aliphatic heterocycles. The van der Waals surface area contributed by atoms with Gasteiger partial charge in [-0.15, -0.1) is 0 Å². The van der Waals surface area contributed by atoms with Gasteiger partial charge < -0.3 is 11.1 Å². The largest absolute Gasteiger partial charge is 0.365 e. The third-order valence-corrected chi connectivity index (χ3v) is 5.79. The van der Waals surface area contributed by atoms with Crippen LogP contribution in [0, 0.1) is 5.82 Å². The minimum Gasteiger partial charge on any atom is -0.365 e. The van der Waals surface area contributed by atoms with E-state index in [1.54, 1.807) is 24.3 Å². The molecule has 4 N–H and O–H groups in total. The summed E-state index contributed by atoms with van der Waals surface area (Å²) in [6, 6.07) is 10.6. The van der Waals surface area contributed by atoms with E-state index in [4.69, 9.17) is 28.9 Å². The molecule has 2 aromatic carbocycles. The van der Waals surface area contributed by atoms with E-state index in [0.717, 1.165) is 12.4 Å². The van der Waals surface area contributed by atoms with E-state index in [9.17, 15) is 12.8 Å². The Morgan fingerprint density at radius 2 is 1.86 bits per heavy atom. The van der Waals surface area contributed by atoms with Crippen molar-refractivity contribution in [3.05, 3.63) is 76.4 Å². The zero-order chi connectivity index (χ0) is 20.3.